The van der Waals surface area contributed by atoms with Gasteiger partial charge in [0.2, 0.25) is 0 Å². The molecule has 62 valence electrons. The molecule has 4 nitrogen and oxygen atoms in total. The third-order valence-electron chi connectivity index (χ3n) is 0.566. The lowest BCUT2D eigenvalue weighted by atomic mass is 10.5. The smallest absolute Gasteiger partial charge is 0.265 e. The van der Waals surface area contributed by atoms with E-state index in [9.17, 15) is 0 Å². The van der Waals surface area contributed by atoms with Crippen LogP contribution in [0.1, 0.15) is 0 Å². The topological polar surface area (TPSA) is 70.4 Å². The molecule has 1 heterocycles. The lowest BCUT2D eigenvalue weighted by molar-refractivity contribution is 0.405. The number of nitrogens with zero attached hydrogens (tertiary/aromatic N) is 1. The highest BCUT2D eigenvalue weighted by Gasteiger charge is 1.93. The molecule has 0 fully saturated rings. The fourth-order valence-electron chi connectivity index (χ4n) is 0.313. The normalized spacial score (nSPS) is 6.73. The Bertz CT molecular complexity index is 154. The summed E-state index contributed by atoms with van der Waals surface area (Å²) >= 11 is 0. The molecule has 0 aliphatic heterocycles. The van der Waals surface area contributed by atoms with Crippen molar-refractivity contribution in [1.29, 1.82) is 0 Å². The summed E-state index contributed by atoms with van der Waals surface area (Å²) in [5.74, 6) is 0. The summed E-state index contributed by atoms with van der Waals surface area (Å²) in [5, 5.41) is 0. The zero-order valence-corrected chi connectivity index (χ0v) is 8.10. The molecule has 0 saturated heterocycles. The number of pyridine rings is 1. The van der Waals surface area contributed by atoms with E-state index >= 15 is 0 Å². The van der Waals surface area contributed by atoms with Crippen LogP contribution in [0.3, 0.4) is 0 Å². The van der Waals surface area contributed by atoms with Crippen LogP contribution in [-0.4, -0.2) is 14.8 Å². The molecule has 1 rings (SSSR count). The molecule has 6 heteroatoms. The Morgan fingerprint density at radius 3 is 1.55 bits per heavy atom. The second-order valence-electron chi connectivity index (χ2n) is 1.28. The van der Waals surface area contributed by atoms with Crippen molar-refractivity contribution >= 4 is 25.2 Å². The molecule has 2 N–H and O–H groups in total. The van der Waals surface area contributed by atoms with Crippen LogP contribution >= 0.6 is 25.2 Å². The summed E-state index contributed by atoms with van der Waals surface area (Å²) in [6, 6.07) is 5.72. The van der Waals surface area contributed by atoms with Crippen molar-refractivity contribution in [1.82, 2.24) is 4.98 Å². The van der Waals surface area contributed by atoms with E-state index in [4.69, 9.17) is 14.4 Å². The number of rotatable bonds is 0. The van der Waals surface area contributed by atoms with E-state index in [1.54, 1.807) is 12.4 Å². The van der Waals surface area contributed by atoms with Crippen LogP contribution in [-0.2, 0) is 4.57 Å². The van der Waals surface area contributed by atoms with Crippen LogP contribution in [0.2, 0.25) is 0 Å². The molecular weight excluding hydrogens is 233 g/mol. The Balaban J connectivity index is 0. The molecule has 0 radical (unpaired) electrons. The van der Waals surface area contributed by atoms with Crippen LogP contribution in [0, 0.1) is 0 Å². The second kappa shape index (κ2) is 9.65. The first-order valence-corrected chi connectivity index (χ1v) is 3.60. The third kappa shape index (κ3) is 17.7. The first-order chi connectivity index (χ1) is 4.73. The van der Waals surface area contributed by atoms with E-state index in [0.29, 0.717) is 0 Å². The van der Waals surface area contributed by atoms with E-state index in [1.807, 2.05) is 18.2 Å². The summed E-state index contributed by atoms with van der Waals surface area (Å²) < 4.78 is 8.70. The van der Waals surface area contributed by atoms with Gasteiger partial charge in [0.1, 0.15) is 0 Å². The molecule has 0 aliphatic rings. The average molecular weight is 241 g/mol. The van der Waals surface area contributed by atoms with Crippen molar-refractivity contribution < 1.29 is 14.4 Å². The van der Waals surface area contributed by atoms with E-state index in [0.717, 1.165) is 0 Å². The van der Waals surface area contributed by atoms with Gasteiger partial charge in [0, 0.05) is 17.0 Å². The minimum Gasteiger partial charge on any atom is -0.265 e. The van der Waals surface area contributed by atoms with E-state index in [-0.39, 0.29) is 17.0 Å². The lowest BCUT2D eigenvalue weighted by Gasteiger charge is -1.70. The summed E-state index contributed by atoms with van der Waals surface area (Å²) in [6.07, 6.45) is 3.50. The van der Waals surface area contributed by atoms with Crippen molar-refractivity contribution in [3.63, 3.8) is 0 Å². The van der Waals surface area contributed by atoms with Gasteiger partial charge < -0.3 is 0 Å². The standard InChI is InChI=1S/C5H5N.BrH.HO3P/c1-2-4-6-5-3-1;;1-4(2)3/h1-5H;1H;(H-,1,2,3)/p+1. The number of hydrogen-bond acceptors (Lipinski definition) is 2. The van der Waals surface area contributed by atoms with Gasteiger partial charge in [-0.15, -0.1) is 26.8 Å². The number of halogens is 1. The predicted molar refractivity (Wildman–Crippen MR) is 46.6 cm³/mol. The SMILES string of the molecule is Br.O=[P+](O)O.c1ccncc1. The quantitative estimate of drug-likeness (QED) is 0.671. The highest BCUT2D eigenvalue weighted by molar-refractivity contribution is 8.93. The molecule has 0 amide bonds. The molecule has 0 saturated carbocycles. The fourth-order valence-corrected chi connectivity index (χ4v) is 0.313. The predicted octanol–water partition coefficient (Wildman–Crippen LogP) is 1.29. The van der Waals surface area contributed by atoms with Crippen molar-refractivity contribution in [3.8, 4) is 0 Å². The summed E-state index contributed by atoms with van der Waals surface area (Å²) in [6.45, 7) is 0. The van der Waals surface area contributed by atoms with Gasteiger partial charge in [-0.05, 0) is 12.1 Å². The summed E-state index contributed by atoms with van der Waals surface area (Å²) in [5.41, 5.74) is 0. The summed E-state index contributed by atoms with van der Waals surface area (Å²) in [7, 11) is -2.87. The zero-order chi connectivity index (χ0) is 7.82. The van der Waals surface area contributed by atoms with Crippen LogP contribution in [0.25, 0.3) is 0 Å². The van der Waals surface area contributed by atoms with Gasteiger partial charge in [-0.1, -0.05) is 6.07 Å². The molecule has 1 aromatic heterocycles. The maximum Gasteiger partial charge on any atom is 0.692 e. The highest BCUT2D eigenvalue weighted by atomic mass is 79.9. The molecule has 0 aliphatic carbocycles. The minimum absolute atomic E-state index is 0. The highest BCUT2D eigenvalue weighted by Crippen LogP contribution is 1.98. The first kappa shape index (κ1) is 13.3. The van der Waals surface area contributed by atoms with Gasteiger partial charge in [0.05, 0.1) is 0 Å². The molecular formula is C5H8BrNO3P+. The van der Waals surface area contributed by atoms with Crippen molar-refractivity contribution in [2.45, 2.75) is 0 Å². The first-order valence-electron chi connectivity index (χ1n) is 2.43. The van der Waals surface area contributed by atoms with Crippen LogP contribution in [0.5, 0.6) is 0 Å². The fraction of sp³-hybridized carbons (Fsp3) is 0. The van der Waals surface area contributed by atoms with Crippen molar-refractivity contribution in [2.75, 3.05) is 0 Å². The molecule has 11 heavy (non-hydrogen) atoms. The van der Waals surface area contributed by atoms with Gasteiger partial charge >= 0.3 is 8.25 Å². The molecule has 0 spiro atoms. The van der Waals surface area contributed by atoms with Gasteiger partial charge in [-0.2, -0.15) is 0 Å². The Morgan fingerprint density at radius 1 is 1.09 bits per heavy atom. The van der Waals surface area contributed by atoms with Gasteiger partial charge in [-0.25, -0.2) is 0 Å². The van der Waals surface area contributed by atoms with Gasteiger partial charge in [-0.3, -0.25) is 4.98 Å². The largest absolute Gasteiger partial charge is 0.692 e. The third-order valence-corrected chi connectivity index (χ3v) is 0.566. The number of aromatic nitrogens is 1. The molecule has 0 atom stereocenters. The molecule has 0 aromatic carbocycles. The van der Waals surface area contributed by atoms with Crippen molar-refractivity contribution in [2.24, 2.45) is 0 Å². The minimum atomic E-state index is -2.87. The Kier molecular flexibility index (Phi) is 11.6. The van der Waals surface area contributed by atoms with E-state index in [1.165, 1.54) is 0 Å². The van der Waals surface area contributed by atoms with Crippen LogP contribution < -0.4 is 0 Å². The lowest BCUT2D eigenvalue weighted by Crippen LogP contribution is -1.58. The van der Waals surface area contributed by atoms with Crippen molar-refractivity contribution in [3.05, 3.63) is 30.6 Å². The average Bonchev–Trinajstić information content (AvgIpc) is 1.90. The maximum atomic E-state index is 8.70. The zero-order valence-electron chi connectivity index (χ0n) is 5.49. The summed E-state index contributed by atoms with van der Waals surface area (Å²) in [4.78, 5) is 18.0. The Labute approximate surface area is 75.6 Å². The second-order valence-corrected chi connectivity index (χ2v) is 1.78. The van der Waals surface area contributed by atoms with E-state index in [2.05, 4.69) is 4.98 Å². The molecule has 1 aromatic rings. The molecule has 0 bridgehead atoms. The maximum absolute atomic E-state index is 8.70. The van der Waals surface area contributed by atoms with Gasteiger partial charge in [0.15, 0.2) is 0 Å². The Morgan fingerprint density at radius 2 is 1.45 bits per heavy atom. The van der Waals surface area contributed by atoms with Gasteiger partial charge in [0.25, 0.3) is 0 Å². The Hall–Kier alpha value is -0.350. The number of hydrogen-bond donors (Lipinski definition) is 2. The van der Waals surface area contributed by atoms with Crippen LogP contribution in [0.15, 0.2) is 30.6 Å². The van der Waals surface area contributed by atoms with Crippen LogP contribution in [0.4, 0.5) is 0 Å². The van der Waals surface area contributed by atoms with E-state index < -0.39 is 8.25 Å². The molecule has 0 unspecified atom stereocenters. The monoisotopic (exact) mass is 240 g/mol.